The zero-order valence-electron chi connectivity index (χ0n) is 18.2. The smallest absolute Gasteiger partial charge is 0.356 e. The Morgan fingerprint density at radius 2 is 1.91 bits per heavy atom. The molecule has 2 amide bonds. The molecule has 3 heterocycles. The van der Waals surface area contributed by atoms with Crippen LogP contribution in [0.5, 0.6) is 0 Å². The normalized spacial score (nSPS) is 12.5. The molecular formula is C24H24N6O3. The van der Waals surface area contributed by atoms with Gasteiger partial charge in [0.1, 0.15) is 17.3 Å². The topological polar surface area (TPSA) is 114 Å². The van der Waals surface area contributed by atoms with Crippen molar-refractivity contribution >= 4 is 34.3 Å². The molecule has 0 saturated carbocycles. The number of carbonyl (C=O) groups is 2. The van der Waals surface area contributed by atoms with Gasteiger partial charge in [-0.1, -0.05) is 30.3 Å². The fourth-order valence-corrected chi connectivity index (χ4v) is 4.13. The van der Waals surface area contributed by atoms with Crippen molar-refractivity contribution in [2.75, 3.05) is 17.2 Å². The van der Waals surface area contributed by atoms with E-state index in [9.17, 15) is 9.59 Å². The number of hydrogen-bond acceptors (Lipinski definition) is 5. The number of nitrogens with one attached hydrogen (secondary N) is 3. The largest absolute Gasteiger partial charge is 0.461 e. The number of aromatic amines is 1. The summed E-state index contributed by atoms with van der Waals surface area (Å²) in [5, 5.41) is 14.9. The Morgan fingerprint density at radius 1 is 1.09 bits per heavy atom. The number of esters is 1. The molecule has 168 valence electrons. The first-order chi connectivity index (χ1) is 16.1. The van der Waals surface area contributed by atoms with Crippen LogP contribution in [0, 0.1) is 0 Å². The number of hydrogen-bond donors (Lipinski definition) is 3. The van der Waals surface area contributed by atoms with Crippen LogP contribution < -0.4 is 10.6 Å². The standard InChI is InChI=1S/C24H24N6O3/c1-2-33-23(31)22-21(17-6-3-4-7-18(17)26-22)27-24(32)25-16-11-9-15(10-12-16)14-20-29-28-19-8-5-13-30(19)20/h3-4,6-7,9-12,26H,2,5,8,13-14H2,1H3,(H2,25,27,32). The van der Waals surface area contributed by atoms with Crippen LogP contribution in [0.3, 0.4) is 0 Å². The van der Waals surface area contributed by atoms with Crippen LogP contribution >= 0.6 is 0 Å². The second-order valence-electron chi connectivity index (χ2n) is 7.88. The predicted octanol–water partition coefficient (Wildman–Crippen LogP) is 4.12. The molecule has 0 atom stereocenters. The van der Waals surface area contributed by atoms with Crippen LogP contribution in [-0.4, -0.2) is 38.4 Å². The first kappa shape index (κ1) is 20.7. The Labute approximate surface area is 190 Å². The van der Waals surface area contributed by atoms with Gasteiger partial charge in [0.05, 0.1) is 12.3 Å². The molecule has 0 radical (unpaired) electrons. The third-order valence-corrected chi connectivity index (χ3v) is 5.68. The van der Waals surface area contributed by atoms with E-state index in [0.717, 1.165) is 47.5 Å². The summed E-state index contributed by atoms with van der Waals surface area (Å²) >= 11 is 0. The van der Waals surface area contributed by atoms with E-state index in [1.165, 1.54) is 0 Å². The maximum absolute atomic E-state index is 12.7. The van der Waals surface area contributed by atoms with Crippen molar-refractivity contribution in [3.8, 4) is 0 Å². The van der Waals surface area contributed by atoms with Gasteiger partial charge >= 0.3 is 12.0 Å². The zero-order chi connectivity index (χ0) is 22.8. The molecule has 0 saturated heterocycles. The molecule has 0 unspecified atom stereocenters. The molecule has 3 N–H and O–H groups in total. The number of urea groups is 1. The molecule has 1 aliphatic rings. The molecular weight excluding hydrogens is 420 g/mol. The highest BCUT2D eigenvalue weighted by Gasteiger charge is 2.21. The molecule has 0 fully saturated rings. The molecule has 4 aromatic rings. The number of para-hydroxylation sites is 1. The number of amides is 2. The minimum atomic E-state index is -0.520. The Morgan fingerprint density at radius 3 is 2.73 bits per heavy atom. The molecule has 9 heteroatoms. The number of rotatable bonds is 6. The summed E-state index contributed by atoms with van der Waals surface area (Å²) in [5.74, 6) is 1.50. The van der Waals surface area contributed by atoms with Crippen molar-refractivity contribution in [3.63, 3.8) is 0 Å². The van der Waals surface area contributed by atoms with Crippen molar-refractivity contribution in [3.05, 3.63) is 71.4 Å². The quantitative estimate of drug-likeness (QED) is 0.387. The van der Waals surface area contributed by atoms with Crippen molar-refractivity contribution in [1.29, 1.82) is 0 Å². The van der Waals surface area contributed by atoms with E-state index < -0.39 is 12.0 Å². The van der Waals surface area contributed by atoms with Crippen LogP contribution in [0.1, 0.15) is 41.0 Å². The number of H-pyrrole nitrogens is 1. The Kier molecular flexibility index (Phi) is 5.52. The van der Waals surface area contributed by atoms with Gasteiger partial charge in [-0.3, -0.25) is 0 Å². The Bertz CT molecular complexity index is 1320. The summed E-state index contributed by atoms with van der Waals surface area (Å²) in [7, 11) is 0. The maximum Gasteiger partial charge on any atom is 0.356 e. The number of anilines is 2. The average molecular weight is 444 g/mol. The fraction of sp³-hybridized carbons (Fsp3) is 0.250. The molecule has 0 bridgehead atoms. The van der Waals surface area contributed by atoms with E-state index in [-0.39, 0.29) is 12.3 Å². The second-order valence-corrected chi connectivity index (χ2v) is 7.88. The van der Waals surface area contributed by atoms with E-state index >= 15 is 0 Å². The lowest BCUT2D eigenvalue weighted by Crippen LogP contribution is -2.21. The summed E-state index contributed by atoms with van der Waals surface area (Å²) < 4.78 is 7.31. The predicted molar refractivity (Wildman–Crippen MR) is 124 cm³/mol. The third-order valence-electron chi connectivity index (χ3n) is 5.68. The van der Waals surface area contributed by atoms with Crippen LogP contribution in [0.2, 0.25) is 0 Å². The van der Waals surface area contributed by atoms with Gasteiger partial charge in [0.15, 0.2) is 0 Å². The van der Waals surface area contributed by atoms with Gasteiger partial charge in [0.2, 0.25) is 0 Å². The fourth-order valence-electron chi connectivity index (χ4n) is 4.13. The monoisotopic (exact) mass is 444 g/mol. The second kappa shape index (κ2) is 8.78. The lowest BCUT2D eigenvalue weighted by Gasteiger charge is -2.10. The van der Waals surface area contributed by atoms with Gasteiger partial charge in [-0.15, -0.1) is 10.2 Å². The average Bonchev–Trinajstić information content (AvgIpc) is 3.52. The van der Waals surface area contributed by atoms with E-state index in [1.807, 2.05) is 48.5 Å². The van der Waals surface area contributed by atoms with Crippen LogP contribution in [0.15, 0.2) is 48.5 Å². The van der Waals surface area contributed by atoms with Crippen molar-refractivity contribution in [1.82, 2.24) is 19.7 Å². The summed E-state index contributed by atoms with van der Waals surface area (Å²) in [6.07, 6.45) is 2.79. The van der Waals surface area contributed by atoms with Crippen molar-refractivity contribution < 1.29 is 14.3 Å². The molecule has 0 spiro atoms. The van der Waals surface area contributed by atoms with Crippen molar-refractivity contribution in [2.45, 2.75) is 32.7 Å². The number of ether oxygens (including phenoxy) is 1. The maximum atomic E-state index is 12.7. The number of benzene rings is 2. The number of carbonyl (C=O) groups excluding carboxylic acids is 2. The highest BCUT2D eigenvalue weighted by Crippen LogP contribution is 2.28. The SMILES string of the molecule is CCOC(=O)c1[nH]c2ccccc2c1NC(=O)Nc1ccc(Cc2nnc3n2CCC3)cc1. The van der Waals surface area contributed by atoms with E-state index in [4.69, 9.17) is 4.74 Å². The molecule has 33 heavy (non-hydrogen) atoms. The Hall–Kier alpha value is -4.14. The first-order valence-electron chi connectivity index (χ1n) is 11.0. The summed E-state index contributed by atoms with van der Waals surface area (Å²) in [5.41, 5.74) is 3.06. The number of aryl methyl sites for hydroxylation is 1. The van der Waals surface area contributed by atoms with E-state index in [2.05, 4.69) is 30.4 Å². The van der Waals surface area contributed by atoms with Crippen LogP contribution in [0.25, 0.3) is 10.9 Å². The van der Waals surface area contributed by atoms with Crippen LogP contribution in [0.4, 0.5) is 16.2 Å². The molecule has 0 aliphatic carbocycles. The minimum absolute atomic E-state index is 0.212. The number of aromatic nitrogens is 4. The number of nitrogens with zero attached hydrogens (tertiary/aromatic N) is 3. The molecule has 9 nitrogen and oxygen atoms in total. The summed E-state index contributed by atoms with van der Waals surface area (Å²) in [6.45, 7) is 2.95. The lowest BCUT2D eigenvalue weighted by atomic mass is 10.1. The van der Waals surface area contributed by atoms with Crippen molar-refractivity contribution in [2.24, 2.45) is 0 Å². The summed E-state index contributed by atoms with van der Waals surface area (Å²) in [4.78, 5) is 28.1. The first-order valence-corrected chi connectivity index (χ1v) is 11.0. The number of fused-ring (bicyclic) bond motifs is 2. The zero-order valence-corrected chi connectivity index (χ0v) is 18.2. The van der Waals surface area contributed by atoms with Gasteiger partial charge < -0.3 is 24.9 Å². The van der Waals surface area contributed by atoms with Gasteiger partial charge in [0, 0.05) is 36.0 Å². The van der Waals surface area contributed by atoms with Gasteiger partial charge in [-0.05, 0) is 37.1 Å². The van der Waals surface area contributed by atoms with Gasteiger partial charge in [-0.25, -0.2) is 9.59 Å². The Balaban J connectivity index is 1.29. The molecule has 5 rings (SSSR count). The highest BCUT2D eigenvalue weighted by atomic mass is 16.5. The van der Waals surface area contributed by atoms with E-state index in [0.29, 0.717) is 17.8 Å². The third kappa shape index (κ3) is 4.17. The van der Waals surface area contributed by atoms with E-state index in [1.54, 1.807) is 6.92 Å². The molecule has 2 aromatic carbocycles. The lowest BCUT2D eigenvalue weighted by molar-refractivity contribution is 0.0522. The molecule has 2 aromatic heterocycles. The summed E-state index contributed by atoms with van der Waals surface area (Å²) in [6, 6.07) is 14.5. The van der Waals surface area contributed by atoms with Gasteiger partial charge in [0.25, 0.3) is 0 Å². The van der Waals surface area contributed by atoms with Crippen LogP contribution in [-0.2, 0) is 24.1 Å². The molecule has 1 aliphatic heterocycles. The highest BCUT2D eigenvalue weighted by molar-refractivity contribution is 6.12. The minimum Gasteiger partial charge on any atom is -0.461 e. The van der Waals surface area contributed by atoms with Gasteiger partial charge in [-0.2, -0.15) is 0 Å².